The minimum Gasteiger partial charge on any atom is -0.377 e. The van der Waals surface area contributed by atoms with Crippen molar-refractivity contribution in [3.8, 4) is 0 Å². The third kappa shape index (κ3) is 10.7. The highest BCUT2D eigenvalue weighted by Crippen LogP contribution is 2.06. The van der Waals surface area contributed by atoms with Gasteiger partial charge in [0.05, 0.1) is 12.7 Å². The van der Waals surface area contributed by atoms with E-state index < -0.39 is 0 Å². The van der Waals surface area contributed by atoms with Gasteiger partial charge in [0.25, 0.3) is 0 Å². The highest BCUT2D eigenvalue weighted by Gasteiger charge is 2.04. The van der Waals surface area contributed by atoms with Crippen molar-refractivity contribution >= 4 is 0 Å². The van der Waals surface area contributed by atoms with Gasteiger partial charge >= 0.3 is 0 Å². The van der Waals surface area contributed by atoms with Crippen molar-refractivity contribution in [1.29, 1.82) is 0 Å². The van der Waals surface area contributed by atoms with Crippen molar-refractivity contribution in [3.05, 3.63) is 0 Å². The highest BCUT2D eigenvalue weighted by atomic mass is 16.5. The molecule has 1 unspecified atom stereocenters. The van der Waals surface area contributed by atoms with Crippen LogP contribution in [0.4, 0.5) is 0 Å². The van der Waals surface area contributed by atoms with Crippen LogP contribution < -0.4 is 5.32 Å². The van der Waals surface area contributed by atoms with E-state index in [0.29, 0.717) is 6.10 Å². The Bertz CT molecular complexity index is 158. The number of nitrogens with one attached hydrogen (secondary N) is 1. The summed E-state index contributed by atoms with van der Waals surface area (Å²) in [4.78, 5) is 2.43. The maximum absolute atomic E-state index is 5.74. The lowest BCUT2D eigenvalue weighted by Gasteiger charge is -2.18. The first-order valence-electron chi connectivity index (χ1n) is 7.14. The third-order valence-corrected chi connectivity index (χ3v) is 2.98. The summed E-state index contributed by atoms with van der Waals surface area (Å²) in [5.74, 6) is 0.723. The average Bonchev–Trinajstić information content (AvgIpc) is 2.27. The zero-order valence-corrected chi connectivity index (χ0v) is 12.5. The zero-order chi connectivity index (χ0) is 13.1. The van der Waals surface area contributed by atoms with Crippen molar-refractivity contribution in [2.75, 3.05) is 39.3 Å². The number of rotatable bonds is 11. The Morgan fingerprint density at radius 2 is 1.71 bits per heavy atom. The van der Waals surface area contributed by atoms with Crippen LogP contribution in [0, 0.1) is 5.92 Å². The maximum Gasteiger partial charge on any atom is 0.0594 e. The predicted octanol–water partition coefficient (Wildman–Crippen LogP) is 2.37. The lowest BCUT2D eigenvalue weighted by molar-refractivity contribution is 0.0537. The van der Waals surface area contributed by atoms with Crippen LogP contribution in [0.5, 0.6) is 0 Å². The van der Waals surface area contributed by atoms with Crippen LogP contribution >= 0.6 is 0 Å². The van der Waals surface area contributed by atoms with Crippen molar-refractivity contribution < 1.29 is 4.74 Å². The Morgan fingerprint density at radius 3 is 2.24 bits per heavy atom. The summed E-state index contributed by atoms with van der Waals surface area (Å²) >= 11 is 0. The molecule has 0 bridgehead atoms. The summed E-state index contributed by atoms with van der Waals surface area (Å²) in [6, 6.07) is 0. The van der Waals surface area contributed by atoms with Crippen molar-refractivity contribution in [2.24, 2.45) is 5.92 Å². The summed E-state index contributed by atoms with van der Waals surface area (Å²) < 4.78 is 5.74. The largest absolute Gasteiger partial charge is 0.377 e. The number of ether oxygens (including phenoxy) is 1. The van der Waals surface area contributed by atoms with Crippen molar-refractivity contribution in [3.63, 3.8) is 0 Å². The molecule has 0 radical (unpaired) electrons. The smallest absolute Gasteiger partial charge is 0.0594 e. The molecule has 1 N–H and O–H groups in total. The Hall–Kier alpha value is -0.120. The fraction of sp³-hybridized carbons (Fsp3) is 1.00. The van der Waals surface area contributed by atoms with E-state index in [1.807, 2.05) is 0 Å². The summed E-state index contributed by atoms with van der Waals surface area (Å²) in [5.41, 5.74) is 0. The second kappa shape index (κ2) is 11.0. The molecule has 0 spiro atoms. The highest BCUT2D eigenvalue weighted by molar-refractivity contribution is 4.57. The van der Waals surface area contributed by atoms with Crippen LogP contribution in [-0.4, -0.2) is 50.3 Å². The van der Waals surface area contributed by atoms with Crippen LogP contribution in [0.2, 0.25) is 0 Å². The second-order valence-electron chi connectivity index (χ2n) is 5.09. The van der Waals surface area contributed by atoms with E-state index in [-0.39, 0.29) is 0 Å². The van der Waals surface area contributed by atoms with Gasteiger partial charge in [-0.3, -0.25) is 0 Å². The quantitative estimate of drug-likeness (QED) is 0.565. The first-order valence-corrected chi connectivity index (χ1v) is 7.14. The van der Waals surface area contributed by atoms with Gasteiger partial charge in [0.1, 0.15) is 0 Å². The molecule has 104 valence electrons. The topological polar surface area (TPSA) is 24.5 Å². The number of likely N-dealkylation sites (N-methyl/N-ethyl adjacent to an activating group) is 1. The summed E-state index contributed by atoms with van der Waals surface area (Å²) in [6.07, 6.45) is 1.54. The van der Waals surface area contributed by atoms with Gasteiger partial charge in [0.2, 0.25) is 0 Å². The summed E-state index contributed by atoms with van der Waals surface area (Å²) in [5, 5.41) is 3.43. The molecular formula is C14H32N2O. The van der Waals surface area contributed by atoms with Crippen LogP contribution in [0.1, 0.15) is 41.0 Å². The first-order chi connectivity index (χ1) is 8.10. The second-order valence-corrected chi connectivity index (χ2v) is 5.09. The maximum atomic E-state index is 5.74. The third-order valence-electron chi connectivity index (χ3n) is 2.98. The van der Waals surface area contributed by atoms with Gasteiger partial charge in [-0.2, -0.15) is 0 Å². The van der Waals surface area contributed by atoms with Gasteiger partial charge in [-0.05, 0) is 32.4 Å². The van der Waals surface area contributed by atoms with E-state index in [9.17, 15) is 0 Å². The van der Waals surface area contributed by atoms with E-state index in [1.54, 1.807) is 0 Å². The van der Waals surface area contributed by atoms with Crippen LogP contribution in [0.3, 0.4) is 0 Å². The molecule has 3 nitrogen and oxygen atoms in total. The summed E-state index contributed by atoms with van der Waals surface area (Å²) in [7, 11) is 0. The average molecular weight is 244 g/mol. The lowest BCUT2D eigenvalue weighted by Crippen LogP contribution is -2.33. The molecule has 17 heavy (non-hydrogen) atoms. The SMILES string of the molecule is CCN(CC)CCNCCOC(C)CC(C)C. The van der Waals surface area contributed by atoms with Crippen LogP contribution in [0.15, 0.2) is 0 Å². The molecular weight excluding hydrogens is 212 g/mol. The molecule has 0 aromatic rings. The van der Waals surface area contributed by atoms with Crippen molar-refractivity contribution in [1.82, 2.24) is 10.2 Å². The van der Waals surface area contributed by atoms with Crippen LogP contribution in [-0.2, 0) is 4.74 Å². The Morgan fingerprint density at radius 1 is 1.06 bits per heavy atom. The fourth-order valence-corrected chi connectivity index (χ4v) is 1.97. The van der Waals surface area contributed by atoms with E-state index in [4.69, 9.17) is 4.74 Å². The van der Waals surface area contributed by atoms with E-state index >= 15 is 0 Å². The van der Waals surface area contributed by atoms with E-state index in [0.717, 1.165) is 51.7 Å². The van der Waals surface area contributed by atoms with E-state index in [2.05, 4.69) is 44.8 Å². The Balaban J connectivity index is 3.28. The monoisotopic (exact) mass is 244 g/mol. The minimum atomic E-state index is 0.389. The molecule has 0 aromatic heterocycles. The van der Waals surface area contributed by atoms with Gasteiger partial charge < -0.3 is 15.0 Å². The standard InChI is InChI=1S/C14H32N2O/c1-6-16(7-2)10-8-15-9-11-17-14(5)12-13(3)4/h13-15H,6-12H2,1-5H3. The number of hydrogen-bond acceptors (Lipinski definition) is 3. The number of nitrogens with zero attached hydrogens (tertiary/aromatic N) is 1. The molecule has 0 rings (SSSR count). The molecule has 3 heteroatoms. The Kier molecular flexibility index (Phi) is 10.9. The van der Waals surface area contributed by atoms with Gasteiger partial charge in [-0.1, -0.05) is 27.7 Å². The lowest BCUT2D eigenvalue weighted by atomic mass is 10.1. The Labute approximate surface area is 108 Å². The van der Waals surface area contributed by atoms with Crippen LogP contribution in [0.25, 0.3) is 0 Å². The minimum absolute atomic E-state index is 0.389. The van der Waals surface area contributed by atoms with Gasteiger partial charge in [0.15, 0.2) is 0 Å². The van der Waals surface area contributed by atoms with Gasteiger partial charge in [0, 0.05) is 19.6 Å². The van der Waals surface area contributed by atoms with Gasteiger partial charge in [-0.15, -0.1) is 0 Å². The molecule has 0 fully saturated rings. The molecule has 0 aliphatic rings. The molecule has 0 aliphatic carbocycles. The van der Waals surface area contributed by atoms with Crippen molar-refractivity contribution in [2.45, 2.75) is 47.1 Å². The normalized spacial score (nSPS) is 13.6. The number of hydrogen-bond donors (Lipinski definition) is 1. The molecule has 1 atom stereocenters. The zero-order valence-electron chi connectivity index (χ0n) is 12.5. The first kappa shape index (κ1) is 16.9. The van der Waals surface area contributed by atoms with Gasteiger partial charge in [-0.25, -0.2) is 0 Å². The molecule has 0 amide bonds. The summed E-state index contributed by atoms with van der Waals surface area (Å²) in [6.45, 7) is 17.3. The molecule has 0 saturated carbocycles. The molecule has 0 saturated heterocycles. The van der Waals surface area contributed by atoms with E-state index in [1.165, 1.54) is 0 Å². The molecule has 0 aliphatic heterocycles. The molecule has 0 aromatic carbocycles. The fourth-order valence-electron chi connectivity index (χ4n) is 1.97. The molecule has 0 heterocycles. The predicted molar refractivity (Wildman–Crippen MR) is 75.5 cm³/mol.